The third kappa shape index (κ3) is 2.88. The number of furan rings is 1. The molecule has 0 saturated heterocycles. The summed E-state index contributed by atoms with van der Waals surface area (Å²) in [4.78, 5) is 16.6. The van der Waals surface area contributed by atoms with Crippen LogP contribution in [0, 0.1) is 0 Å². The Labute approximate surface area is 131 Å². The highest BCUT2D eigenvalue weighted by Crippen LogP contribution is 2.31. The molecule has 0 bridgehead atoms. The highest BCUT2D eigenvalue weighted by atomic mass is 32.1. The van der Waals surface area contributed by atoms with Gasteiger partial charge in [0.1, 0.15) is 0 Å². The van der Waals surface area contributed by atoms with Gasteiger partial charge in [-0.05, 0) is 38.1 Å². The van der Waals surface area contributed by atoms with E-state index in [1.54, 1.807) is 26.0 Å². The topological polar surface area (TPSA) is 75.4 Å². The van der Waals surface area contributed by atoms with Gasteiger partial charge in [0.15, 0.2) is 16.5 Å². The summed E-state index contributed by atoms with van der Waals surface area (Å²) in [5.74, 6) is 0.412. The fourth-order valence-corrected chi connectivity index (χ4v) is 2.89. The van der Waals surface area contributed by atoms with E-state index in [0.717, 1.165) is 15.2 Å². The molecule has 2 aromatic heterocycles. The summed E-state index contributed by atoms with van der Waals surface area (Å²) in [6, 6.07) is 11.2. The summed E-state index contributed by atoms with van der Waals surface area (Å²) in [6.45, 7) is 3.33. The third-order valence-electron chi connectivity index (χ3n) is 3.18. The predicted molar refractivity (Wildman–Crippen MR) is 86.0 cm³/mol. The van der Waals surface area contributed by atoms with Crippen LogP contribution in [0.1, 0.15) is 24.4 Å². The molecule has 2 N–H and O–H groups in total. The van der Waals surface area contributed by atoms with Crippen molar-refractivity contribution < 1.29 is 14.3 Å². The molecule has 0 aliphatic carbocycles. The van der Waals surface area contributed by atoms with Crippen molar-refractivity contribution in [3.8, 4) is 10.8 Å². The van der Waals surface area contributed by atoms with Gasteiger partial charge in [-0.3, -0.25) is 4.79 Å². The average Bonchev–Trinajstić information content (AvgIpc) is 3.13. The van der Waals surface area contributed by atoms with Gasteiger partial charge in [0, 0.05) is 0 Å². The molecule has 5 nitrogen and oxygen atoms in total. The minimum absolute atomic E-state index is 0.149. The van der Waals surface area contributed by atoms with Crippen LogP contribution in [0.2, 0.25) is 0 Å². The first-order chi connectivity index (χ1) is 10.5. The molecule has 0 saturated carbocycles. The van der Waals surface area contributed by atoms with Crippen molar-refractivity contribution >= 4 is 27.5 Å². The van der Waals surface area contributed by atoms with E-state index in [0.29, 0.717) is 5.76 Å². The van der Waals surface area contributed by atoms with E-state index in [1.807, 2.05) is 24.3 Å². The lowest BCUT2D eigenvalue weighted by atomic mass is 10.1. The fraction of sp³-hybridized carbons (Fsp3) is 0.250. The Balaban J connectivity index is 1.85. The van der Waals surface area contributed by atoms with Gasteiger partial charge >= 0.3 is 0 Å². The zero-order chi connectivity index (χ0) is 15.7. The summed E-state index contributed by atoms with van der Waals surface area (Å²) in [5, 5.41) is 12.7. The molecular formula is C16H16N2O3S. The summed E-state index contributed by atoms with van der Waals surface area (Å²) in [6.07, 6.45) is 0. The maximum atomic E-state index is 12.1. The lowest BCUT2D eigenvalue weighted by molar-refractivity contribution is 0.0842. The molecule has 6 heteroatoms. The molecule has 3 aromatic rings. The number of thiazole rings is 1. The molecule has 0 unspecified atom stereocenters. The van der Waals surface area contributed by atoms with E-state index >= 15 is 0 Å². The molecule has 0 radical (unpaired) electrons. The highest BCUT2D eigenvalue weighted by Gasteiger charge is 2.22. The number of aliphatic hydroxyl groups excluding tert-OH is 1. The standard InChI is InChI=1S/C16H16N2O3S/c1-16(2,9-19)18-14(20)11-7-8-12(21-11)15-17-10-5-3-4-6-13(10)22-15/h3-8,19H,9H2,1-2H3,(H,18,20). The van der Waals surface area contributed by atoms with E-state index < -0.39 is 5.54 Å². The molecule has 0 spiro atoms. The Morgan fingerprint density at radius 1 is 1.32 bits per heavy atom. The van der Waals surface area contributed by atoms with Crippen molar-refractivity contribution in [2.24, 2.45) is 0 Å². The first-order valence-corrected chi connectivity index (χ1v) is 7.69. The normalized spacial score (nSPS) is 11.8. The molecular weight excluding hydrogens is 300 g/mol. The van der Waals surface area contributed by atoms with Crippen LogP contribution in [0.25, 0.3) is 21.0 Å². The summed E-state index contributed by atoms with van der Waals surface area (Å²) >= 11 is 1.52. The Morgan fingerprint density at radius 3 is 2.82 bits per heavy atom. The Bertz CT molecular complexity index is 787. The first kappa shape index (κ1) is 14.7. The number of nitrogens with one attached hydrogen (secondary N) is 1. The monoisotopic (exact) mass is 316 g/mol. The van der Waals surface area contributed by atoms with Crippen LogP contribution in [0.5, 0.6) is 0 Å². The highest BCUT2D eigenvalue weighted by molar-refractivity contribution is 7.21. The number of amides is 1. The molecule has 0 aliphatic rings. The second-order valence-electron chi connectivity index (χ2n) is 5.65. The fourth-order valence-electron chi connectivity index (χ4n) is 1.96. The Morgan fingerprint density at radius 2 is 2.09 bits per heavy atom. The van der Waals surface area contributed by atoms with Crippen LogP contribution in [0.15, 0.2) is 40.8 Å². The molecule has 22 heavy (non-hydrogen) atoms. The van der Waals surface area contributed by atoms with Gasteiger partial charge in [-0.15, -0.1) is 11.3 Å². The van der Waals surface area contributed by atoms with Crippen LogP contribution in [-0.4, -0.2) is 28.1 Å². The van der Waals surface area contributed by atoms with Crippen LogP contribution in [-0.2, 0) is 0 Å². The Hall–Kier alpha value is -2.18. The number of benzene rings is 1. The smallest absolute Gasteiger partial charge is 0.287 e. The summed E-state index contributed by atoms with van der Waals surface area (Å²) in [5.41, 5.74) is 0.214. The van der Waals surface area contributed by atoms with Gasteiger partial charge in [0.2, 0.25) is 0 Å². The zero-order valence-corrected chi connectivity index (χ0v) is 13.1. The summed E-state index contributed by atoms with van der Waals surface area (Å²) in [7, 11) is 0. The minimum Gasteiger partial charge on any atom is -0.448 e. The van der Waals surface area contributed by atoms with Crippen molar-refractivity contribution in [2.45, 2.75) is 19.4 Å². The maximum Gasteiger partial charge on any atom is 0.287 e. The Kier molecular flexibility index (Phi) is 3.72. The van der Waals surface area contributed by atoms with E-state index in [-0.39, 0.29) is 18.3 Å². The quantitative estimate of drug-likeness (QED) is 0.775. The van der Waals surface area contributed by atoms with Crippen LogP contribution in [0.4, 0.5) is 0 Å². The van der Waals surface area contributed by atoms with Crippen molar-refractivity contribution in [2.75, 3.05) is 6.61 Å². The van der Waals surface area contributed by atoms with Gasteiger partial charge in [0.25, 0.3) is 5.91 Å². The second-order valence-corrected chi connectivity index (χ2v) is 6.68. The minimum atomic E-state index is -0.695. The molecule has 3 rings (SSSR count). The van der Waals surface area contributed by atoms with Gasteiger partial charge < -0.3 is 14.8 Å². The molecule has 114 valence electrons. The lowest BCUT2D eigenvalue weighted by Gasteiger charge is -2.22. The number of nitrogens with zero attached hydrogens (tertiary/aromatic N) is 1. The van der Waals surface area contributed by atoms with Crippen molar-refractivity contribution in [3.05, 3.63) is 42.2 Å². The van der Waals surface area contributed by atoms with E-state index in [9.17, 15) is 9.90 Å². The maximum absolute atomic E-state index is 12.1. The molecule has 2 heterocycles. The summed E-state index contributed by atoms with van der Waals surface area (Å²) < 4.78 is 6.68. The number of hydrogen-bond donors (Lipinski definition) is 2. The first-order valence-electron chi connectivity index (χ1n) is 6.88. The number of aromatic nitrogens is 1. The lowest BCUT2D eigenvalue weighted by Crippen LogP contribution is -2.46. The van der Waals surface area contributed by atoms with Crippen LogP contribution >= 0.6 is 11.3 Å². The third-order valence-corrected chi connectivity index (χ3v) is 4.23. The number of fused-ring (bicyclic) bond motifs is 1. The second kappa shape index (κ2) is 5.55. The van der Waals surface area contributed by atoms with Crippen LogP contribution in [0.3, 0.4) is 0 Å². The van der Waals surface area contributed by atoms with E-state index in [4.69, 9.17) is 4.42 Å². The zero-order valence-electron chi connectivity index (χ0n) is 12.3. The number of para-hydroxylation sites is 1. The van der Waals surface area contributed by atoms with Crippen LogP contribution < -0.4 is 5.32 Å². The number of rotatable bonds is 4. The number of hydrogen-bond acceptors (Lipinski definition) is 5. The van der Waals surface area contributed by atoms with Crippen molar-refractivity contribution in [3.63, 3.8) is 0 Å². The number of aliphatic hydroxyl groups is 1. The van der Waals surface area contributed by atoms with Crippen molar-refractivity contribution in [1.82, 2.24) is 10.3 Å². The average molecular weight is 316 g/mol. The SMILES string of the molecule is CC(C)(CO)NC(=O)c1ccc(-c2nc3ccccc3s2)o1. The van der Waals surface area contributed by atoms with Gasteiger partial charge in [-0.2, -0.15) is 0 Å². The van der Waals surface area contributed by atoms with E-state index in [2.05, 4.69) is 10.3 Å². The van der Waals surface area contributed by atoms with Gasteiger partial charge in [0.05, 0.1) is 22.4 Å². The molecule has 0 atom stereocenters. The molecule has 0 fully saturated rings. The molecule has 1 aromatic carbocycles. The van der Waals surface area contributed by atoms with Gasteiger partial charge in [-0.1, -0.05) is 12.1 Å². The largest absolute Gasteiger partial charge is 0.448 e. The van der Waals surface area contributed by atoms with E-state index in [1.165, 1.54) is 11.3 Å². The number of carbonyl (C=O) groups is 1. The number of carbonyl (C=O) groups excluding carboxylic acids is 1. The molecule has 0 aliphatic heterocycles. The van der Waals surface area contributed by atoms with Crippen molar-refractivity contribution in [1.29, 1.82) is 0 Å². The van der Waals surface area contributed by atoms with Gasteiger partial charge in [-0.25, -0.2) is 4.98 Å². The predicted octanol–water partition coefficient (Wildman–Crippen LogP) is 3.06. The molecule has 1 amide bonds.